The first-order chi connectivity index (χ1) is 12.6. The Morgan fingerprint density at radius 2 is 1.62 bits per heavy atom. The molecule has 0 N–H and O–H groups in total. The maximum atomic E-state index is 12.5. The van der Waals surface area contributed by atoms with Crippen molar-refractivity contribution in [3.8, 4) is 0 Å². The van der Waals surface area contributed by atoms with Crippen LogP contribution in [-0.2, 0) is 4.79 Å². The fraction of sp³-hybridized carbons (Fsp3) is 0.294. The smallest absolute Gasteiger partial charge is 0.280 e. The standard InChI is InChI=1S/C17H16N6O3/c24-13(11-23-15(25)12-3-1-4-18-14(12)16(23)26)21-7-9-22(10-8-21)17-19-5-2-6-20-17/h1-6H,7-11H2. The van der Waals surface area contributed by atoms with Crippen LogP contribution < -0.4 is 4.90 Å². The van der Waals surface area contributed by atoms with Crippen molar-refractivity contribution < 1.29 is 14.4 Å². The molecule has 0 unspecified atom stereocenters. The Kier molecular flexibility index (Phi) is 4.04. The van der Waals surface area contributed by atoms with Gasteiger partial charge in [-0.25, -0.2) is 9.97 Å². The van der Waals surface area contributed by atoms with Gasteiger partial charge in [0.05, 0.1) is 5.56 Å². The van der Waals surface area contributed by atoms with Gasteiger partial charge in [-0.15, -0.1) is 0 Å². The number of anilines is 1. The van der Waals surface area contributed by atoms with Crippen LogP contribution in [0.4, 0.5) is 5.95 Å². The number of fused-ring (bicyclic) bond motifs is 1. The highest BCUT2D eigenvalue weighted by atomic mass is 16.2. The second kappa shape index (κ2) is 6.51. The van der Waals surface area contributed by atoms with Gasteiger partial charge in [-0.1, -0.05) is 0 Å². The van der Waals surface area contributed by atoms with Crippen LogP contribution in [0.2, 0.25) is 0 Å². The van der Waals surface area contributed by atoms with Gasteiger partial charge in [0.1, 0.15) is 12.2 Å². The molecule has 2 aliphatic heterocycles. The summed E-state index contributed by atoms with van der Waals surface area (Å²) in [6.45, 7) is 1.89. The van der Waals surface area contributed by atoms with E-state index in [0.717, 1.165) is 4.90 Å². The molecule has 26 heavy (non-hydrogen) atoms. The first kappa shape index (κ1) is 16.1. The summed E-state index contributed by atoms with van der Waals surface area (Å²) in [6, 6.07) is 4.89. The van der Waals surface area contributed by atoms with E-state index in [4.69, 9.17) is 0 Å². The van der Waals surface area contributed by atoms with Crippen molar-refractivity contribution in [1.82, 2.24) is 24.8 Å². The number of carbonyl (C=O) groups excluding carboxylic acids is 3. The number of amides is 3. The van der Waals surface area contributed by atoms with Crippen molar-refractivity contribution in [3.63, 3.8) is 0 Å². The van der Waals surface area contributed by atoms with Crippen molar-refractivity contribution in [2.75, 3.05) is 37.6 Å². The number of aromatic nitrogens is 3. The molecule has 9 heteroatoms. The summed E-state index contributed by atoms with van der Waals surface area (Å²) in [5.41, 5.74) is 0.354. The molecule has 3 amide bonds. The first-order valence-corrected chi connectivity index (χ1v) is 8.26. The summed E-state index contributed by atoms with van der Waals surface area (Å²) >= 11 is 0. The van der Waals surface area contributed by atoms with Crippen LogP contribution in [0.3, 0.4) is 0 Å². The summed E-state index contributed by atoms with van der Waals surface area (Å²) in [5.74, 6) is -0.614. The second-order valence-corrected chi connectivity index (χ2v) is 6.01. The Balaban J connectivity index is 1.38. The third kappa shape index (κ3) is 2.77. The zero-order valence-corrected chi connectivity index (χ0v) is 13.9. The quantitative estimate of drug-likeness (QED) is 0.706. The molecule has 0 spiro atoms. The highest BCUT2D eigenvalue weighted by Crippen LogP contribution is 2.20. The minimum absolute atomic E-state index is 0.108. The number of pyridine rings is 1. The van der Waals surface area contributed by atoms with E-state index in [0.29, 0.717) is 32.1 Å². The molecular formula is C17H16N6O3. The number of rotatable bonds is 3. The molecular weight excluding hydrogens is 336 g/mol. The molecule has 0 saturated carbocycles. The maximum Gasteiger partial charge on any atom is 0.280 e. The molecule has 0 radical (unpaired) electrons. The summed E-state index contributed by atoms with van der Waals surface area (Å²) in [7, 11) is 0. The average molecular weight is 352 g/mol. The minimum atomic E-state index is -0.518. The summed E-state index contributed by atoms with van der Waals surface area (Å²) in [5, 5.41) is 0. The van der Waals surface area contributed by atoms with Crippen LogP contribution >= 0.6 is 0 Å². The monoisotopic (exact) mass is 352 g/mol. The normalized spacial score (nSPS) is 16.8. The lowest BCUT2D eigenvalue weighted by Crippen LogP contribution is -2.52. The largest absolute Gasteiger partial charge is 0.338 e. The van der Waals surface area contributed by atoms with Gasteiger partial charge < -0.3 is 9.80 Å². The number of hydrogen-bond acceptors (Lipinski definition) is 7. The lowest BCUT2D eigenvalue weighted by atomic mass is 10.2. The average Bonchev–Trinajstić information content (AvgIpc) is 2.94. The zero-order chi connectivity index (χ0) is 18.1. The molecule has 0 aliphatic carbocycles. The van der Waals surface area contributed by atoms with Crippen LogP contribution in [0.1, 0.15) is 20.8 Å². The van der Waals surface area contributed by atoms with E-state index in [-0.39, 0.29) is 23.7 Å². The lowest BCUT2D eigenvalue weighted by Gasteiger charge is -2.35. The number of piperazine rings is 1. The van der Waals surface area contributed by atoms with Crippen molar-refractivity contribution in [3.05, 3.63) is 48.0 Å². The van der Waals surface area contributed by atoms with Crippen molar-refractivity contribution in [1.29, 1.82) is 0 Å². The van der Waals surface area contributed by atoms with E-state index < -0.39 is 11.8 Å². The molecule has 1 saturated heterocycles. The Morgan fingerprint density at radius 3 is 2.31 bits per heavy atom. The molecule has 0 bridgehead atoms. The van der Waals surface area contributed by atoms with Crippen LogP contribution in [0, 0.1) is 0 Å². The third-order valence-electron chi connectivity index (χ3n) is 4.49. The Labute approximate surface area is 149 Å². The topological polar surface area (TPSA) is 99.6 Å². The summed E-state index contributed by atoms with van der Waals surface area (Å²) in [6.07, 6.45) is 4.81. The summed E-state index contributed by atoms with van der Waals surface area (Å²) in [4.78, 5) is 54.2. The third-order valence-corrected chi connectivity index (χ3v) is 4.49. The van der Waals surface area contributed by atoms with E-state index in [1.807, 2.05) is 4.90 Å². The van der Waals surface area contributed by atoms with Crippen molar-refractivity contribution in [2.24, 2.45) is 0 Å². The number of carbonyl (C=O) groups is 3. The molecule has 0 atom stereocenters. The van der Waals surface area contributed by atoms with Crippen LogP contribution in [-0.4, -0.2) is 75.2 Å². The van der Waals surface area contributed by atoms with E-state index in [9.17, 15) is 14.4 Å². The number of hydrogen-bond donors (Lipinski definition) is 0. The van der Waals surface area contributed by atoms with Crippen LogP contribution in [0.25, 0.3) is 0 Å². The molecule has 132 valence electrons. The van der Waals surface area contributed by atoms with E-state index >= 15 is 0 Å². The second-order valence-electron chi connectivity index (χ2n) is 6.01. The Bertz CT molecular complexity index is 829. The van der Waals surface area contributed by atoms with E-state index in [1.165, 1.54) is 6.20 Å². The number of imide groups is 1. The van der Waals surface area contributed by atoms with E-state index in [1.54, 1.807) is 35.5 Å². The Morgan fingerprint density at radius 1 is 0.923 bits per heavy atom. The van der Waals surface area contributed by atoms with Gasteiger partial charge >= 0.3 is 0 Å². The van der Waals surface area contributed by atoms with Gasteiger partial charge in [-0.05, 0) is 18.2 Å². The molecule has 2 aromatic heterocycles. The molecule has 1 fully saturated rings. The fourth-order valence-corrected chi connectivity index (χ4v) is 3.10. The van der Waals surface area contributed by atoms with Gasteiger partial charge in [0, 0.05) is 44.8 Å². The Hall–Kier alpha value is -3.36. The molecule has 4 rings (SSSR count). The first-order valence-electron chi connectivity index (χ1n) is 8.26. The number of nitrogens with zero attached hydrogens (tertiary/aromatic N) is 6. The van der Waals surface area contributed by atoms with Gasteiger partial charge in [0.15, 0.2) is 0 Å². The molecule has 2 aliphatic rings. The molecule has 9 nitrogen and oxygen atoms in total. The van der Waals surface area contributed by atoms with Gasteiger partial charge in [0.25, 0.3) is 11.8 Å². The molecule has 0 aromatic carbocycles. The van der Waals surface area contributed by atoms with Crippen LogP contribution in [0.5, 0.6) is 0 Å². The SMILES string of the molecule is O=C(CN1C(=O)c2cccnc2C1=O)N1CCN(c2ncccn2)CC1. The minimum Gasteiger partial charge on any atom is -0.338 e. The highest BCUT2D eigenvalue weighted by molar-refractivity contribution is 6.21. The predicted octanol–water partition coefficient (Wildman–Crippen LogP) is -0.184. The van der Waals surface area contributed by atoms with Gasteiger partial charge in [0.2, 0.25) is 11.9 Å². The predicted molar refractivity (Wildman–Crippen MR) is 90.4 cm³/mol. The van der Waals surface area contributed by atoms with Crippen molar-refractivity contribution in [2.45, 2.75) is 0 Å². The molecule has 4 heterocycles. The molecule has 2 aromatic rings. The van der Waals surface area contributed by atoms with Gasteiger partial charge in [-0.2, -0.15) is 0 Å². The summed E-state index contributed by atoms with van der Waals surface area (Å²) < 4.78 is 0. The van der Waals surface area contributed by atoms with Gasteiger partial charge in [-0.3, -0.25) is 24.3 Å². The maximum absolute atomic E-state index is 12.5. The highest BCUT2D eigenvalue weighted by Gasteiger charge is 2.38. The fourth-order valence-electron chi connectivity index (χ4n) is 3.10. The van der Waals surface area contributed by atoms with Crippen molar-refractivity contribution >= 4 is 23.7 Å². The van der Waals surface area contributed by atoms with Crippen LogP contribution in [0.15, 0.2) is 36.8 Å². The zero-order valence-electron chi connectivity index (χ0n) is 13.9. The lowest BCUT2D eigenvalue weighted by molar-refractivity contribution is -0.131. The van der Waals surface area contributed by atoms with E-state index in [2.05, 4.69) is 15.0 Å².